The lowest BCUT2D eigenvalue weighted by atomic mass is 10.2. The Kier molecular flexibility index (Phi) is 4.67. The monoisotopic (exact) mass is 325 g/mol. The molecule has 23 heavy (non-hydrogen) atoms. The van der Waals surface area contributed by atoms with Gasteiger partial charge in [0.15, 0.2) is 0 Å². The Bertz CT molecular complexity index is 824. The van der Waals surface area contributed by atoms with Crippen molar-refractivity contribution in [3.05, 3.63) is 59.9 Å². The van der Waals surface area contributed by atoms with Crippen LogP contribution in [-0.2, 0) is 13.1 Å². The summed E-state index contributed by atoms with van der Waals surface area (Å²) in [6.45, 7) is 3.35. The van der Waals surface area contributed by atoms with E-state index in [0.29, 0.717) is 12.1 Å². The van der Waals surface area contributed by atoms with E-state index in [1.807, 2.05) is 48.2 Å². The summed E-state index contributed by atoms with van der Waals surface area (Å²) in [4.78, 5) is 18.1. The second-order valence-electron chi connectivity index (χ2n) is 5.23. The van der Waals surface area contributed by atoms with Crippen molar-refractivity contribution < 1.29 is 4.79 Å². The molecule has 2 heterocycles. The minimum absolute atomic E-state index is 0.0656. The van der Waals surface area contributed by atoms with E-state index in [2.05, 4.69) is 22.4 Å². The number of carbonyl (C=O) groups excluding carboxylic acids is 1. The molecule has 0 bridgehead atoms. The average Bonchev–Trinajstić information content (AvgIpc) is 2.99. The van der Waals surface area contributed by atoms with Crippen molar-refractivity contribution in [2.45, 2.75) is 24.9 Å². The van der Waals surface area contributed by atoms with Crippen molar-refractivity contribution in [3.63, 3.8) is 0 Å². The zero-order valence-electron chi connectivity index (χ0n) is 13.2. The second kappa shape index (κ2) is 6.87. The predicted molar refractivity (Wildman–Crippen MR) is 94.8 cm³/mol. The molecule has 2 aromatic heterocycles. The summed E-state index contributed by atoms with van der Waals surface area (Å²) in [7, 11) is 0. The van der Waals surface area contributed by atoms with Gasteiger partial charge in [-0.05, 0) is 43.0 Å². The molecule has 0 spiro atoms. The van der Waals surface area contributed by atoms with Gasteiger partial charge in [-0.2, -0.15) is 0 Å². The van der Waals surface area contributed by atoms with Crippen LogP contribution in [0.25, 0.3) is 11.0 Å². The summed E-state index contributed by atoms with van der Waals surface area (Å²) < 4.78 is 2.00. The van der Waals surface area contributed by atoms with Crippen LogP contribution in [0.3, 0.4) is 0 Å². The van der Waals surface area contributed by atoms with E-state index in [1.54, 1.807) is 18.0 Å². The Morgan fingerprint density at radius 2 is 2.04 bits per heavy atom. The van der Waals surface area contributed by atoms with Crippen molar-refractivity contribution in [2.24, 2.45) is 0 Å². The van der Waals surface area contributed by atoms with Crippen LogP contribution in [0.15, 0.2) is 53.7 Å². The molecule has 0 aliphatic heterocycles. The van der Waals surface area contributed by atoms with Gasteiger partial charge in [0.1, 0.15) is 5.65 Å². The number of fused-ring (bicyclic) bond motifs is 1. The van der Waals surface area contributed by atoms with Crippen LogP contribution < -0.4 is 5.32 Å². The van der Waals surface area contributed by atoms with Gasteiger partial charge in [-0.25, -0.2) is 4.98 Å². The average molecular weight is 325 g/mol. The number of thioether (sulfide) groups is 1. The largest absolute Gasteiger partial charge is 0.348 e. The Labute approximate surface area is 139 Å². The second-order valence-corrected chi connectivity index (χ2v) is 6.11. The van der Waals surface area contributed by atoms with Crippen molar-refractivity contribution in [3.8, 4) is 0 Å². The molecule has 0 fully saturated rings. The quantitative estimate of drug-likeness (QED) is 0.728. The van der Waals surface area contributed by atoms with Gasteiger partial charge in [0.25, 0.3) is 5.91 Å². The topological polar surface area (TPSA) is 46.9 Å². The summed E-state index contributed by atoms with van der Waals surface area (Å²) in [5.74, 6) is -0.0656. The fourth-order valence-corrected chi connectivity index (χ4v) is 2.97. The minimum Gasteiger partial charge on any atom is -0.348 e. The maximum absolute atomic E-state index is 12.5. The molecule has 0 unspecified atom stereocenters. The highest BCUT2D eigenvalue weighted by Gasteiger charge is 2.14. The Morgan fingerprint density at radius 3 is 2.74 bits per heavy atom. The molecular weight excluding hydrogens is 306 g/mol. The Morgan fingerprint density at radius 1 is 1.26 bits per heavy atom. The third-order valence-electron chi connectivity index (χ3n) is 3.83. The standard InChI is InChI=1S/C18H19N3OS/c1-3-21-12-16(15-5-4-10-19-17(15)21)18(22)20-11-13-6-8-14(23-2)9-7-13/h4-10,12H,3,11H2,1-2H3,(H,20,22). The lowest BCUT2D eigenvalue weighted by Gasteiger charge is -2.05. The zero-order valence-corrected chi connectivity index (χ0v) is 14.1. The number of nitrogens with zero attached hydrogens (tertiary/aromatic N) is 2. The molecule has 1 amide bonds. The molecule has 0 atom stereocenters. The highest BCUT2D eigenvalue weighted by Crippen LogP contribution is 2.19. The molecular formula is C18H19N3OS. The highest BCUT2D eigenvalue weighted by molar-refractivity contribution is 7.98. The number of hydrogen-bond donors (Lipinski definition) is 1. The molecule has 3 rings (SSSR count). The van der Waals surface area contributed by atoms with Crippen molar-refractivity contribution in [1.82, 2.24) is 14.9 Å². The van der Waals surface area contributed by atoms with Gasteiger partial charge in [0.05, 0.1) is 5.56 Å². The molecule has 0 saturated carbocycles. The summed E-state index contributed by atoms with van der Waals surface area (Å²) in [6, 6.07) is 12.0. The molecule has 0 aliphatic rings. The predicted octanol–water partition coefficient (Wildman–Crippen LogP) is 3.71. The maximum Gasteiger partial charge on any atom is 0.253 e. The molecule has 0 aliphatic carbocycles. The number of rotatable bonds is 5. The fraction of sp³-hybridized carbons (Fsp3) is 0.222. The zero-order chi connectivity index (χ0) is 16.2. The van der Waals surface area contributed by atoms with Crippen LogP contribution >= 0.6 is 11.8 Å². The van der Waals surface area contributed by atoms with Gasteiger partial charge in [0.2, 0.25) is 0 Å². The lowest BCUT2D eigenvalue weighted by Crippen LogP contribution is -2.22. The number of aryl methyl sites for hydroxylation is 1. The summed E-state index contributed by atoms with van der Waals surface area (Å²) in [5, 5.41) is 3.89. The molecule has 3 aromatic rings. The SMILES string of the molecule is CCn1cc(C(=O)NCc2ccc(SC)cc2)c2cccnc21. The number of carbonyl (C=O) groups is 1. The normalized spacial score (nSPS) is 10.9. The van der Waals surface area contributed by atoms with Crippen LogP contribution in [0.4, 0.5) is 0 Å². The van der Waals surface area contributed by atoms with Gasteiger partial charge in [0, 0.05) is 35.8 Å². The molecule has 0 radical (unpaired) electrons. The van der Waals surface area contributed by atoms with Crippen LogP contribution in [0.5, 0.6) is 0 Å². The van der Waals surface area contributed by atoms with Gasteiger partial charge in [-0.15, -0.1) is 11.8 Å². The van der Waals surface area contributed by atoms with Crippen molar-refractivity contribution in [1.29, 1.82) is 0 Å². The molecule has 5 heteroatoms. The number of pyridine rings is 1. The smallest absolute Gasteiger partial charge is 0.253 e. The van der Waals surface area contributed by atoms with E-state index in [9.17, 15) is 4.79 Å². The van der Waals surface area contributed by atoms with Crippen molar-refractivity contribution in [2.75, 3.05) is 6.26 Å². The Balaban J connectivity index is 1.78. The first-order chi connectivity index (χ1) is 11.2. The van der Waals surface area contributed by atoms with E-state index >= 15 is 0 Å². The van der Waals surface area contributed by atoms with E-state index < -0.39 is 0 Å². The lowest BCUT2D eigenvalue weighted by molar-refractivity contribution is 0.0952. The first kappa shape index (κ1) is 15.6. The third kappa shape index (κ3) is 3.24. The van der Waals surface area contributed by atoms with Gasteiger partial charge < -0.3 is 9.88 Å². The van der Waals surface area contributed by atoms with Crippen molar-refractivity contribution >= 4 is 28.7 Å². The molecule has 4 nitrogen and oxygen atoms in total. The minimum atomic E-state index is -0.0656. The van der Waals surface area contributed by atoms with Crippen LogP contribution in [0.2, 0.25) is 0 Å². The molecule has 1 N–H and O–H groups in total. The van der Waals surface area contributed by atoms with Crippen LogP contribution in [0, 0.1) is 0 Å². The molecule has 1 aromatic carbocycles. The number of nitrogens with one attached hydrogen (secondary N) is 1. The summed E-state index contributed by atoms with van der Waals surface area (Å²) >= 11 is 1.71. The number of benzene rings is 1. The van der Waals surface area contributed by atoms with E-state index in [4.69, 9.17) is 0 Å². The maximum atomic E-state index is 12.5. The van der Waals surface area contributed by atoms with E-state index in [0.717, 1.165) is 23.1 Å². The molecule has 0 saturated heterocycles. The number of aromatic nitrogens is 2. The van der Waals surface area contributed by atoms with Crippen LogP contribution in [-0.4, -0.2) is 21.7 Å². The van der Waals surface area contributed by atoms with Crippen LogP contribution in [0.1, 0.15) is 22.8 Å². The molecule has 118 valence electrons. The number of hydrogen-bond acceptors (Lipinski definition) is 3. The van der Waals surface area contributed by atoms with E-state index in [1.165, 1.54) is 4.90 Å². The summed E-state index contributed by atoms with van der Waals surface area (Å²) in [6.07, 6.45) is 5.68. The first-order valence-corrected chi connectivity index (χ1v) is 8.80. The third-order valence-corrected chi connectivity index (χ3v) is 4.57. The van der Waals surface area contributed by atoms with Gasteiger partial charge >= 0.3 is 0 Å². The van der Waals surface area contributed by atoms with Gasteiger partial charge in [-0.3, -0.25) is 4.79 Å². The first-order valence-electron chi connectivity index (χ1n) is 7.58. The Hall–Kier alpha value is -2.27. The number of amides is 1. The van der Waals surface area contributed by atoms with E-state index in [-0.39, 0.29) is 5.91 Å². The fourth-order valence-electron chi connectivity index (χ4n) is 2.57. The summed E-state index contributed by atoms with van der Waals surface area (Å²) in [5.41, 5.74) is 2.62. The van der Waals surface area contributed by atoms with Gasteiger partial charge in [-0.1, -0.05) is 12.1 Å². The highest BCUT2D eigenvalue weighted by atomic mass is 32.2.